The number of nitrogens with one attached hydrogen (secondary N) is 1. The maximum atomic E-state index is 13.7. The molecule has 4 heteroatoms. The maximum absolute atomic E-state index is 13.7. The van der Waals surface area contributed by atoms with Gasteiger partial charge in [-0.2, -0.15) is 0 Å². The predicted molar refractivity (Wildman–Crippen MR) is 79.4 cm³/mol. The zero-order valence-electron chi connectivity index (χ0n) is 12.9. The van der Waals surface area contributed by atoms with Crippen LogP contribution in [0.4, 0.5) is 4.39 Å². The van der Waals surface area contributed by atoms with Crippen LogP contribution in [0.2, 0.25) is 0 Å². The van der Waals surface area contributed by atoms with Gasteiger partial charge in [0, 0.05) is 18.6 Å². The summed E-state index contributed by atoms with van der Waals surface area (Å²) in [5.41, 5.74) is 1.86. The van der Waals surface area contributed by atoms with E-state index in [1.54, 1.807) is 12.1 Å². The van der Waals surface area contributed by atoms with Gasteiger partial charge in [0.25, 0.3) is 0 Å². The highest BCUT2D eigenvalue weighted by Gasteiger charge is 2.36. The molecule has 0 amide bonds. The molecule has 1 fully saturated rings. The minimum Gasteiger partial charge on any atom is -0.379 e. The third-order valence-corrected chi connectivity index (χ3v) is 4.22. The normalized spacial score (nSPS) is 19.1. The van der Waals surface area contributed by atoms with Crippen LogP contribution in [0.3, 0.4) is 0 Å². The summed E-state index contributed by atoms with van der Waals surface area (Å²) in [6.07, 6.45) is 0. The largest absolute Gasteiger partial charge is 0.379 e. The smallest absolute Gasteiger partial charge is 0.123 e. The molecular weight excluding hydrogens is 255 g/mol. The highest BCUT2D eigenvalue weighted by Crippen LogP contribution is 2.32. The lowest BCUT2D eigenvalue weighted by Gasteiger charge is -2.46. The Bertz CT molecular complexity index is 436. The van der Waals surface area contributed by atoms with Crippen molar-refractivity contribution in [3.8, 4) is 0 Å². The molecule has 3 nitrogen and oxygen atoms in total. The Balaban J connectivity index is 2.29. The van der Waals surface area contributed by atoms with Gasteiger partial charge in [-0.1, -0.05) is 6.07 Å². The average Bonchev–Trinajstić information content (AvgIpc) is 2.39. The summed E-state index contributed by atoms with van der Waals surface area (Å²) < 4.78 is 19.1. The van der Waals surface area contributed by atoms with Gasteiger partial charge < -0.3 is 10.1 Å². The van der Waals surface area contributed by atoms with E-state index in [0.29, 0.717) is 0 Å². The van der Waals surface area contributed by atoms with Crippen LogP contribution in [-0.4, -0.2) is 43.8 Å². The third kappa shape index (κ3) is 3.19. The Hall–Kier alpha value is -0.970. The molecule has 0 radical (unpaired) electrons. The van der Waals surface area contributed by atoms with E-state index in [4.69, 9.17) is 4.74 Å². The summed E-state index contributed by atoms with van der Waals surface area (Å²) in [7, 11) is 1.94. The summed E-state index contributed by atoms with van der Waals surface area (Å²) in [4.78, 5) is 2.41. The van der Waals surface area contributed by atoms with Crippen molar-refractivity contribution >= 4 is 0 Å². The van der Waals surface area contributed by atoms with Crippen LogP contribution in [0, 0.1) is 12.7 Å². The number of halogens is 1. The van der Waals surface area contributed by atoms with Crippen molar-refractivity contribution < 1.29 is 9.13 Å². The van der Waals surface area contributed by atoms with Crippen LogP contribution in [0.1, 0.15) is 31.0 Å². The Morgan fingerprint density at radius 3 is 2.45 bits per heavy atom. The van der Waals surface area contributed by atoms with Gasteiger partial charge in [0.1, 0.15) is 5.82 Å². The van der Waals surface area contributed by atoms with E-state index in [-0.39, 0.29) is 17.4 Å². The molecule has 0 spiro atoms. The first kappa shape index (κ1) is 15.4. The van der Waals surface area contributed by atoms with Crippen molar-refractivity contribution in [2.24, 2.45) is 0 Å². The molecule has 20 heavy (non-hydrogen) atoms. The Morgan fingerprint density at radius 1 is 1.25 bits per heavy atom. The first-order valence-corrected chi connectivity index (χ1v) is 7.22. The summed E-state index contributed by atoms with van der Waals surface area (Å²) in [5, 5.41) is 3.36. The SMILES string of the molecule is CNC(c1cc(C)cc(F)c1)C(C)(C)N1CCOCC1. The van der Waals surface area contributed by atoms with Gasteiger partial charge in [0.2, 0.25) is 0 Å². The Morgan fingerprint density at radius 2 is 1.90 bits per heavy atom. The van der Waals surface area contributed by atoms with Gasteiger partial charge in [0.05, 0.1) is 19.3 Å². The second-order valence-corrected chi connectivity index (χ2v) is 6.04. The molecule has 0 bridgehead atoms. The quantitative estimate of drug-likeness (QED) is 0.917. The monoisotopic (exact) mass is 280 g/mol. The molecule has 2 rings (SSSR count). The van der Waals surface area contributed by atoms with E-state index in [2.05, 4.69) is 30.1 Å². The topological polar surface area (TPSA) is 24.5 Å². The number of rotatable bonds is 4. The number of hydrogen-bond donors (Lipinski definition) is 1. The fourth-order valence-electron chi connectivity index (χ4n) is 3.18. The van der Waals surface area contributed by atoms with E-state index in [0.717, 1.165) is 37.4 Å². The van der Waals surface area contributed by atoms with Gasteiger partial charge in [-0.15, -0.1) is 0 Å². The van der Waals surface area contributed by atoms with Crippen molar-refractivity contribution in [3.05, 3.63) is 35.1 Å². The van der Waals surface area contributed by atoms with E-state index in [1.807, 2.05) is 14.0 Å². The number of nitrogens with zero attached hydrogens (tertiary/aromatic N) is 1. The number of aryl methyl sites for hydroxylation is 1. The lowest BCUT2D eigenvalue weighted by atomic mass is 9.86. The number of hydrogen-bond acceptors (Lipinski definition) is 3. The molecule has 0 aromatic heterocycles. The van der Waals surface area contributed by atoms with Crippen LogP contribution in [0.25, 0.3) is 0 Å². The Labute approximate surface area is 121 Å². The molecule has 1 aliphatic rings. The van der Waals surface area contributed by atoms with Gasteiger partial charge in [-0.05, 0) is 51.1 Å². The maximum Gasteiger partial charge on any atom is 0.123 e. The lowest BCUT2D eigenvalue weighted by Crippen LogP contribution is -2.55. The third-order valence-electron chi connectivity index (χ3n) is 4.22. The molecule has 1 aromatic rings. The molecule has 1 unspecified atom stereocenters. The minimum atomic E-state index is -0.168. The molecule has 1 aromatic carbocycles. The van der Waals surface area contributed by atoms with Crippen molar-refractivity contribution in [2.45, 2.75) is 32.4 Å². The number of morpholine rings is 1. The zero-order valence-corrected chi connectivity index (χ0v) is 12.9. The van der Waals surface area contributed by atoms with E-state index in [9.17, 15) is 4.39 Å². The van der Waals surface area contributed by atoms with Crippen molar-refractivity contribution in [1.29, 1.82) is 0 Å². The second-order valence-electron chi connectivity index (χ2n) is 6.04. The zero-order chi connectivity index (χ0) is 14.8. The fourth-order valence-corrected chi connectivity index (χ4v) is 3.18. The van der Waals surface area contributed by atoms with Crippen molar-refractivity contribution in [2.75, 3.05) is 33.4 Å². The van der Waals surface area contributed by atoms with Crippen LogP contribution in [-0.2, 0) is 4.74 Å². The summed E-state index contributed by atoms with van der Waals surface area (Å²) in [6, 6.07) is 5.34. The van der Waals surface area contributed by atoms with Crippen LogP contribution < -0.4 is 5.32 Å². The number of ether oxygens (including phenoxy) is 1. The molecule has 112 valence electrons. The van der Waals surface area contributed by atoms with Gasteiger partial charge in [-0.3, -0.25) is 4.90 Å². The number of likely N-dealkylation sites (N-methyl/N-ethyl adjacent to an activating group) is 1. The first-order chi connectivity index (χ1) is 9.45. The van der Waals surface area contributed by atoms with E-state index < -0.39 is 0 Å². The van der Waals surface area contributed by atoms with E-state index >= 15 is 0 Å². The number of benzene rings is 1. The Kier molecular flexibility index (Phi) is 4.78. The second kappa shape index (κ2) is 6.20. The predicted octanol–water partition coefficient (Wildman–Crippen LogP) is 2.51. The fraction of sp³-hybridized carbons (Fsp3) is 0.625. The molecule has 1 heterocycles. The summed E-state index contributed by atoms with van der Waals surface area (Å²) >= 11 is 0. The minimum absolute atomic E-state index is 0.0787. The summed E-state index contributed by atoms with van der Waals surface area (Å²) in [6.45, 7) is 9.71. The molecule has 1 aliphatic heterocycles. The van der Waals surface area contributed by atoms with Crippen molar-refractivity contribution in [1.82, 2.24) is 10.2 Å². The highest BCUT2D eigenvalue weighted by molar-refractivity contribution is 5.28. The van der Waals surface area contributed by atoms with E-state index in [1.165, 1.54) is 0 Å². The van der Waals surface area contributed by atoms with Gasteiger partial charge in [-0.25, -0.2) is 4.39 Å². The van der Waals surface area contributed by atoms with Gasteiger partial charge in [0.15, 0.2) is 0 Å². The molecule has 0 saturated carbocycles. The van der Waals surface area contributed by atoms with Crippen molar-refractivity contribution in [3.63, 3.8) is 0 Å². The molecule has 1 saturated heterocycles. The lowest BCUT2D eigenvalue weighted by molar-refractivity contribution is -0.0229. The van der Waals surface area contributed by atoms with Crippen LogP contribution >= 0.6 is 0 Å². The molecule has 0 aliphatic carbocycles. The first-order valence-electron chi connectivity index (χ1n) is 7.22. The van der Waals surface area contributed by atoms with Crippen LogP contribution in [0.5, 0.6) is 0 Å². The summed E-state index contributed by atoms with van der Waals surface area (Å²) in [5.74, 6) is -0.168. The standard InChI is InChI=1S/C16H25FN2O/c1-12-9-13(11-14(17)10-12)15(18-4)16(2,3)19-5-7-20-8-6-19/h9-11,15,18H,5-8H2,1-4H3. The van der Waals surface area contributed by atoms with Crippen LogP contribution in [0.15, 0.2) is 18.2 Å². The average molecular weight is 280 g/mol. The highest BCUT2D eigenvalue weighted by atomic mass is 19.1. The molecular formula is C16H25FN2O. The van der Waals surface area contributed by atoms with Gasteiger partial charge >= 0.3 is 0 Å². The molecule has 1 N–H and O–H groups in total. The molecule has 1 atom stereocenters.